The minimum absolute atomic E-state index is 0.0963. The van der Waals surface area contributed by atoms with E-state index in [1.807, 2.05) is 11.6 Å². The van der Waals surface area contributed by atoms with Crippen LogP contribution in [0.15, 0.2) is 0 Å². The SMILES string of the molecule is Cc1nn(CC(C)C)c(C)c1CC(=O)NCC1CCCN1. The number of aromatic nitrogens is 2. The van der Waals surface area contributed by atoms with Gasteiger partial charge in [0.1, 0.15) is 0 Å². The van der Waals surface area contributed by atoms with Crippen LogP contribution in [0.25, 0.3) is 0 Å². The third-order valence-electron chi connectivity index (χ3n) is 4.11. The molecule has 1 aliphatic rings. The summed E-state index contributed by atoms with van der Waals surface area (Å²) >= 11 is 0. The monoisotopic (exact) mass is 292 g/mol. The van der Waals surface area contributed by atoms with E-state index in [4.69, 9.17) is 0 Å². The van der Waals surface area contributed by atoms with Gasteiger partial charge in [0.15, 0.2) is 0 Å². The van der Waals surface area contributed by atoms with Gasteiger partial charge in [-0.3, -0.25) is 9.48 Å². The molecule has 21 heavy (non-hydrogen) atoms. The summed E-state index contributed by atoms with van der Waals surface area (Å²) in [6.07, 6.45) is 2.80. The Morgan fingerprint density at radius 3 is 2.86 bits per heavy atom. The zero-order valence-corrected chi connectivity index (χ0v) is 13.7. The molecule has 0 spiro atoms. The first-order chi connectivity index (χ1) is 9.97. The fourth-order valence-corrected chi connectivity index (χ4v) is 2.90. The van der Waals surface area contributed by atoms with E-state index in [-0.39, 0.29) is 5.91 Å². The molecule has 118 valence electrons. The minimum Gasteiger partial charge on any atom is -0.354 e. The number of hydrogen-bond donors (Lipinski definition) is 2. The maximum atomic E-state index is 12.1. The Morgan fingerprint density at radius 1 is 1.48 bits per heavy atom. The third-order valence-corrected chi connectivity index (χ3v) is 4.11. The first-order valence-corrected chi connectivity index (χ1v) is 8.00. The minimum atomic E-state index is 0.0963. The number of aryl methyl sites for hydroxylation is 1. The van der Waals surface area contributed by atoms with Gasteiger partial charge in [0, 0.05) is 30.4 Å². The molecule has 5 nitrogen and oxygen atoms in total. The predicted molar refractivity (Wildman–Crippen MR) is 84.3 cm³/mol. The lowest BCUT2D eigenvalue weighted by molar-refractivity contribution is -0.120. The van der Waals surface area contributed by atoms with Crippen LogP contribution in [0.4, 0.5) is 0 Å². The topological polar surface area (TPSA) is 59.0 Å². The molecular weight excluding hydrogens is 264 g/mol. The maximum Gasteiger partial charge on any atom is 0.224 e. The molecule has 1 unspecified atom stereocenters. The fourth-order valence-electron chi connectivity index (χ4n) is 2.90. The molecule has 0 aromatic carbocycles. The van der Waals surface area contributed by atoms with Crippen molar-refractivity contribution >= 4 is 5.91 Å². The summed E-state index contributed by atoms with van der Waals surface area (Å²) in [4.78, 5) is 12.1. The van der Waals surface area contributed by atoms with E-state index in [9.17, 15) is 4.79 Å². The van der Waals surface area contributed by atoms with Crippen molar-refractivity contribution in [1.29, 1.82) is 0 Å². The molecule has 2 N–H and O–H groups in total. The molecule has 1 aliphatic heterocycles. The third kappa shape index (κ3) is 4.30. The second-order valence-electron chi connectivity index (χ2n) is 6.50. The van der Waals surface area contributed by atoms with Crippen molar-refractivity contribution in [2.45, 2.75) is 59.5 Å². The number of rotatable bonds is 6. The van der Waals surface area contributed by atoms with Crippen LogP contribution in [-0.2, 0) is 17.8 Å². The van der Waals surface area contributed by atoms with Gasteiger partial charge in [0.2, 0.25) is 5.91 Å². The van der Waals surface area contributed by atoms with Gasteiger partial charge in [0.25, 0.3) is 0 Å². The van der Waals surface area contributed by atoms with E-state index in [2.05, 4.69) is 36.5 Å². The van der Waals surface area contributed by atoms with Crippen LogP contribution < -0.4 is 10.6 Å². The Kier molecular flexibility index (Phi) is 5.39. The van der Waals surface area contributed by atoms with Gasteiger partial charge >= 0.3 is 0 Å². The van der Waals surface area contributed by atoms with Crippen molar-refractivity contribution in [3.63, 3.8) is 0 Å². The number of nitrogens with one attached hydrogen (secondary N) is 2. The Morgan fingerprint density at radius 2 is 2.24 bits per heavy atom. The first kappa shape index (κ1) is 16.0. The van der Waals surface area contributed by atoms with E-state index in [1.165, 1.54) is 6.42 Å². The summed E-state index contributed by atoms with van der Waals surface area (Å²) in [6, 6.07) is 0.444. The Hall–Kier alpha value is -1.36. The molecule has 1 fully saturated rings. The van der Waals surface area contributed by atoms with Gasteiger partial charge in [0.05, 0.1) is 12.1 Å². The number of carbonyl (C=O) groups excluding carboxylic acids is 1. The van der Waals surface area contributed by atoms with Crippen LogP contribution in [0.3, 0.4) is 0 Å². The lowest BCUT2D eigenvalue weighted by atomic mass is 10.1. The molecule has 0 bridgehead atoms. The van der Waals surface area contributed by atoms with Crippen LogP contribution in [0.1, 0.15) is 43.6 Å². The molecule has 5 heteroatoms. The number of hydrogen-bond acceptors (Lipinski definition) is 3. The Balaban J connectivity index is 1.92. The maximum absolute atomic E-state index is 12.1. The van der Waals surface area contributed by atoms with E-state index in [0.717, 1.165) is 43.0 Å². The van der Waals surface area contributed by atoms with Gasteiger partial charge in [-0.05, 0) is 39.2 Å². The van der Waals surface area contributed by atoms with Crippen LogP contribution in [0.5, 0.6) is 0 Å². The van der Waals surface area contributed by atoms with E-state index < -0.39 is 0 Å². The average Bonchev–Trinajstić information content (AvgIpc) is 3.00. The molecule has 1 saturated heterocycles. The zero-order valence-electron chi connectivity index (χ0n) is 13.7. The highest BCUT2D eigenvalue weighted by Crippen LogP contribution is 2.15. The number of amides is 1. The van der Waals surface area contributed by atoms with Gasteiger partial charge in [-0.25, -0.2) is 0 Å². The number of carbonyl (C=O) groups is 1. The normalized spacial score (nSPS) is 18.4. The van der Waals surface area contributed by atoms with Crippen molar-refractivity contribution in [2.24, 2.45) is 5.92 Å². The van der Waals surface area contributed by atoms with Crippen molar-refractivity contribution in [2.75, 3.05) is 13.1 Å². The van der Waals surface area contributed by atoms with Crippen LogP contribution in [0.2, 0.25) is 0 Å². The molecule has 1 amide bonds. The predicted octanol–water partition coefficient (Wildman–Crippen LogP) is 1.57. The van der Waals surface area contributed by atoms with Gasteiger partial charge in [-0.1, -0.05) is 13.8 Å². The molecule has 1 aromatic heterocycles. The lowest BCUT2D eigenvalue weighted by Crippen LogP contribution is -2.37. The summed E-state index contributed by atoms with van der Waals surface area (Å²) < 4.78 is 2.03. The second kappa shape index (κ2) is 7.07. The van der Waals surface area contributed by atoms with Gasteiger partial charge < -0.3 is 10.6 Å². The average molecular weight is 292 g/mol. The second-order valence-corrected chi connectivity index (χ2v) is 6.50. The lowest BCUT2D eigenvalue weighted by Gasteiger charge is -2.12. The standard InChI is InChI=1S/C16H28N4O/c1-11(2)10-20-13(4)15(12(3)19-20)8-16(21)18-9-14-6-5-7-17-14/h11,14,17H,5-10H2,1-4H3,(H,18,21). The van der Waals surface area contributed by atoms with E-state index in [0.29, 0.717) is 18.4 Å². The molecule has 0 radical (unpaired) electrons. The zero-order chi connectivity index (χ0) is 15.4. The summed E-state index contributed by atoms with van der Waals surface area (Å²) in [5.74, 6) is 0.650. The molecule has 0 aliphatic carbocycles. The molecule has 2 heterocycles. The fraction of sp³-hybridized carbons (Fsp3) is 0.750. The first-order valence-electron chi connectivity index (χ1n) is 8.00. The van der Waals surface area contributed by atoms with Crippen molar-refractivity contribution < 1.29 is 4.79 Å². The summed E-state index contributed by atoms with van der Waals surface area (Å²) in [5, 5.41) is 11.0. The highest BCUT2D eigenvalue weighted by atomic mass is 16.1. The highest BCUT2D eigenvalue weighted by Gasteiger charge is 2.18. The summed E-state index contributed by atoms with van der Waals surface area (Å²) in [7, 11) is 0. The Bertz CT molecular complexity index is 487. The highest BCUT2D eigenvalue weighted by molar-refractivity contribution is 5.79. The van der Waals surface area contributed by atoms with Crippen LogP contribution >= 0.6 is 0 Å². The number of nitrogens with zero attached hydrogens (tertiary/aromatic N) is 2. The molecule has 0 saturated carbocycles. The van der Waals surface area contributed by atoms with Gasteiger partial charge in [-0.15, -0.1) is 0 Å². The van der Waals surface area contributed by atoms with E-state index in [1.54, 1.807) is 0 Å². The smallest absolute Gasteiger partial charge is 0.224 e. The molecule has 1 atom stereocenters. The van der Waals surface area contributed by atoms with Crippen molar-refractivity contribution in [3.8, 4) is 0 Å². The summed E-state index contributed by atoms with van der Waals surface area (Å²) in [6.45, 7) is 11.1. The molecular formula is C16H28N4O. The Labute approximate surface area is 127 Å². The molecule has 2 rings (SSSR count). The van der Waals surface area contributed by atoms with Gasteiger partial charge in [-0.2, -0.15) is 5.10 Å². The summed E-state index contributed by atoms with van der Waals surface area (Å²) in [5.41, 5.74) is 3.17. The van der Waals surface area contributed by atoms with Crippen molar-refractivity contribution in [1.82, 2.24) is 20.4 Å². The quantitative estimate of drug-likeness (QED) is 0.836. The van der Waals surface area contributed by atoms with Crippen molar-refractivity contribution in [3.05, 3.63) is 17.0 Å². The molecule has 1 aromatic rings. The van der Waals surface area contributed by atoms with E-state index >= 15 is 0 Å². The van der Waals surface area contributed by atoms with Crippen LogP contribution in [-0.4, -0.2) is 34.8 Å². The van der Waals surface area contributed by atoms with Crippen LogP contribution in [0, 0.1) is 19.8 Å². The largest absolute Gasteiger partial charge is 0.354 e.